The predicted octanol–water partition coefficient (Wildman–Crippen LogP) is 2.97. The number of carbonyl (C=O) groups excluding carboxylic acids is 2. The van der Waals surface area contributed by atoms with Crippen molar-refractivity contribution in [2.75, 3.05) is 24.6 Å². The Hall–Kier alpha value is -2.70. The van der Waals surface area contributed by atoms with Crippen molar-refractivity contribution in [3.63, 3.8) is 0 Å². The molecule has 0 bridgehead atoms. The smallest absolute Gasteiger partial charge is 0.251 e. The second-order valence-electron chi connectivity index (χ2n) is 7.95. The number of hydrogen-bond donors (Lipinski definition) is 1. The maximum Gasteiger partial charge on any atom is 0.251 e. The van der Waals surface area contributed by atoms with Crippen LogP contribution in [0, 0.1) is 0 Å². The highest BCUT2D eigenvalue weighted by Gasteiger charge is 2.40. The Morgan fingerprint density at radius 3 is 2.37 bits per heavy atom. The topological polar surface area (TPSA) is 61.9 Å². The average Bonchev–Trinajstić information content (AvgIpc) is 3.04. The zero-order valence-corrected chi connectivity index (χ0v) is 17.4. The van der Waals surface area contributed by atoms with Crippen LogP contribution in [0.1, 0.15) is 31.7 Å². The van der Waals surface area contributed by atoms with Crippen LogP contribution in [0.25, 0.3) is 0 Å². The van der Waals surface area contributed by atoms with Gasteiger partial charge in [0.05, 0.1) is 24.8 Å². The van der Waals surface area contributed by atoms with Crippen LogP contribution >= 0.6 is 0 Å². The van der Waals surface area contributed by atoms with E-state index in [-0.39, 0.29) is 24.3 Å². The molecule has 30 heavy (non-hydrogen) atoms. The molecular formula is C24H29N3O3. The molecule has 0 radical (unpaired) electrons. The van der Waals surface area contributed by atoms with Crippen molar-refractivity contribution in [2.45, 2.75) is 44.8 Å². The van der Waals surface area contributed by atoms with Crippen molar-refractivity contribution in [3.8, 4) is 5.75 Å². The SMILES string of the molecule is CCOc1ccc(N2C(=O)C[C@H](NC3CCN(Cc4ccccc4)CC3)C2=O)cc1. The van der Waals surface area contributed by atoms with Crippen molar-refractivity contribution in [3.05, 3.63) is 60.2 Å². The number of nitrogens with one attached hydrogen (secondary N) is 1. The van der Waals surface area contributed by atoms with Gasteiger partial charge in [0.25, 0.3) is 5.91 Å². The fourth-order valence-corrected chi connectivity index (χ4v) is 4.28. The van der Waals surface area contributed by atoms with Gasteiger partial charge >= 0.3 is 0 Å². The van der Waals surface area contributed by atoms with Crippen LogP contribution in [0.3, 0.4) is 0 Å². The second kappa shape index (κ2) is 9.41. The third-order valence-electron chi connectivity index (χ3n) is 5.83. The minimum absolute atomic E-state index is 0.150. The number of rotatable bonds is 7. The minimum atomic E-state index is -0.435. The molecule has 0 saturated carbocycles. The van der Waals surface area contributed by atoms with E-state index in [1.54, 1.807) is 24.3 Å². The van der Waals surface area contributed by atoms with Gasteiger partial charge in [-0.2, -0.15) is 0 Å². The van der Waals surface area contributed by atoms with Gasteiger partial charge in [-0.25, -0.2) is 4.90 Å². The molecule has 0 unspecified atom stereocenters. The van der Waals surface area contributed by atoms with Crippen LogP contribution in [0.2, 0.25) is 0 Å². The van der Waals surface area contributed by atoms with Crippen molar-refractivity contribution in [2.24, 2.45) is 0 Å². The first-order valence-corrected chi connectivity index (χ1v) is 10.8. The van der Waals surface area contributed by atoms with Gasteiger partial charge in [0.2, 0.25) is 5.91 Å². The summed E-state index contributed by atoms with van der Waals surface area (Å²) < 4.78 is 5.44. The zero-order chi connectivity index (χ0) is 20.9. The molecule has 6 nitrogen and oxygen atoms in total. The number of anilines is 1. The summed E-state index contributed by atoms with van der Waals surface area (Å²) in [4.78, 5) is 29.2. The molecule has 2 fully saturated rings. The molecule has 158 valence electrons. The standard InChI is InChI=1S/C24H29N3O3/c1-2-30-21-10-8-20(9-11-21)27-23(28)16-22(24(27)29)25-19-12-14-26(15-13-19)17-18-6-4-3-5-7-18/h3-11,19,22,25H,2,12-17H2,1H3/t22-/m0/s1. The molecule has 1 atom stereocenters. The number of imide groups is 1. The molecule has 2 aromatic carbocycles. The third-order valence-corrected chi connectivity index (χ3v) is 5.83. The lowest BCUT2D eigenvalue weighted by Gasteiger charge is -2.33. The third kappa shape index (κ3) is 4.71. The summed E-state index contributed by atoms with van der Waals surface area (Å²) in [6, 6.07) is 17.4. The van der Waals surface area contributed by atoms with Crippen molar-refractivity contribution < 1.29 is 14.3 Å². The molecule has 1 N–H and O–H groups in total. The van der Waals surface area contributed by atoms with Crippen LogP contribution in [0.15, 0.2) is 54.6 Å². The number of carbonyl (C=O) groups is 2. The molecule has 6 heteroatoms. The average molecular weight is 408 g/mol. The highest BCUT2D eigenvalue weighted by molar-refractivity contribution is 6.22. The van der Waals surface area contributed by atoms with E-state index in [1.165, 1.54) is 10.5 Å². The molecular weight excluding hydrogens is 378 g/mol. The minimum Gasteiger partial charge on any atom is -0.494 e. The first-order valence-electron chi connectivity index (χ1n) is 10.8. The molecule has 0 spiro atoms. The normalized spacial score (nSPS) is 20.7. The molecule has 2 heterocycles. The summed E-state index contributed by atoms with van der Waals surface area (Å²) in [5.74, 6) is 0.427. The monoisotopic (exact) mass is 407 g/mol. The highest BCUT2D eigenvalue weighted by Crippen LogP contribution is 2.26. The number of hydrogen-bond acceptors (Lipinski definition) is 5. The number of benzene rings is 2. The van der Waals surface area contributed by atoms with Crippen molar-refractivity contribution >= 4 is 17.5 Å². The zero-order valence-electron chi connectivity index (χ0n) is 17.4. The lowest BCUT2D eigenvalue weighted by Crippen LogP contribution is -2.48. The first-order chi connectivity index (χ1) is 14.6. The maximum absolute atomic E-state index is 12.9. The van der Waals surface area contributed by atoms with E-state index in [0.29, 0.717) is 12.3 Å². The molecule has 2 saturated heterocycles. The summed E-state index contributed by atoms with van der Waals surface area (Å²) in [7, 11) is 0. The number of nitrogens with zero attached hydrogens (tertiary/aromatic N) is 2. The van der Waals surface area contributed by atoms with Crippen LogP contribution < -0.4 is 15.0 Å². The summed E-state index contributed by atoms with van der Waals surface area (Å²) in [6.07, 6.45) is 2.18. The molecule has 2 aromatic rings. The van der Waals surface area contributed by atoms with Crippen LogP contribution in [-0.2, 0) is 16.1 Å². The number of amides is 2. The molecule has 2 amide bonds. The predicted molar refractivity (Wildman–Crippen MR) is 116 cm³/mol. The van der Waals surface area contributed by atoms with E-state index < -0.39 is 6.04 Å². The Balaban J connectivity index is 1.30. The van der Waals surface area contributed by atoms with Crippen molar-refractivity contribution in [1.82, 2.24) is 10.2 Å². The summed E-state index contributed by atoms with van der Waals surface area (Å²) in [5, 5.41) is 3.45. The summed E-state index contributed by atoms with van der Waals surface area (Å²) in [6.45, 7) is 5.44. The Bertz CT molecular complexity index is 861. The molecule has 0 aromatic heterocycles. The van der Waals surface area contributed by atoms with Gasteiger partial charge in [-0.05, 0) is 62.7 Å². The van der Waals surface area contributed by atoms with Gasteiger partial charge in [0.1, 0.15) is 5.75 Å². The van der Waals surface area contributed by atoms with Gasteiger partial charge < -0.3 is 10.1 Å². The van der Waals surface area contributed by atoms with Gasteiger partial charge in [0.15, 0.2) is 0 Å². The van der Waals surface area contributed by atoms with Gasteiger partial charge in [-0.3, -0.25) is 14.5 Å². The number of piperidine rings is 1. The number of ether oxygens (including phenoxy) is 1. The van der Waals surface area contributed by atoms with E-state index in [4.69, 9.17) is 4.74 Å². The molecule has 4 rings (SSSR count). The van der Waals surface area contributed by atoms with Crippen LogP contribution in [0.5, 0.6) is 5.75 Å². The Kier molecular flexibility index (Phi) is 6.45. The fourth-order valence-electron chi connectivity index (χ4n) is 4.28. The van der Waals surface area contributed by atoms with E-state index in [0.717, 1.165) is 38.2 Å². The Labute approximate surface area is 177 Å². The lowest BCUT2D eigenvalue weighted by atomic mass is 10.0. The van der Waals surface area contributed by atoms with Crippen LogP contribution in [0.4, 0.5) is 5.69 Å². The van der Waals surface area contributed by atoms with Crippen LogP contribution in [-0.4, -0.2) is 48.5 Å². The number of likely N-dealkylation sites (tertiary alicyclic amines) is 1. The summed E-state index contributed by atoms with van der Waals surface area (Å²) >= 11 is 0. The van der Waals surface area contributed by atoms with E-state index in [2.05, 4.69) is 34.5 Å². The highest BCUT2D eigenvalue weighted by atomic mass is 16.5. The Morgan fingerprint density at radius 2 is 1.70 bits per heavy atom. The molecule has 0 aliphatic carbocycles. The summed E-state index contributed by atoms with van der Waals surface area (Å²) in [5.41, 5.74) is 1.93. The largest absolute Gasteiger partial charge is 0.494 e. The van der Waals surface area contributed by atoms with E-state index >= 15 is 0 Å². The Morgan fingerprint density at radius 1 is 1.00 bits per heavy atom. The van der Waals surface area contributed by atoms with Crippen molar-refractivity contribution in [1.29, 1.82) is 0 Å². The second-order valence-corrected chi connectivity index (χ2v) is 7.95. The van der Waals surface area contributed by atoms with Gasteiger partial charge in [0, 0.05) is 12.6 Å². The maximum atomic E-state index is 12.9. The lowest BCUT2D eigenvalue weighted by molar-refractivity contribution is -0.121. The first kappa shape index (κ1) is 20.6. The quantitative estimate of drug-likeness (QED) is 0.715. The van der Waals surface area contributed by atoms with E-state index in [1.807, 2.05) is 13.0 Å². The molecule has 2 aliphatic rings. The van der Waals surface area contributed by atoms with Gasteiger partial charge in [-0.1, -0.05) is 30.3 Å². The molecule has 2 aliphatic heterocycles. The van der Waals surface area contributed by atoms with Gasteiger partial charge in [-0.15, -0.1) is 0 Å². The fraction of sp³-hybridized carbons (Fsp3) is 0.417. The van der Waals surface area contributed by atoms with E-state index in [9.17, 15) is 9.59 Å².